The molecule has 1 aromatic rings. The Labute approximate surface area is 123 Å². The normalized spacial score (nSPS) is 26.8. The van der Waals surface area contributed by atoms with Crippen LogP contribution in [-0.2, 0) is 0 Å². The smallest absolute Gasteiger partial charge is 0.183 e. The van der Waals surface area contributed by atoms with Gasteiger partial charge >= 0.3 is 0 Å². The van der Waals surface area contributed by atoms with E-state index in [0.717, 1.165) is 30.4 Å². The molecule has 1 aliphatic rings. The number of hydrogen-bond donors (Lipinski definition) is 0. The van der Waals surface area contributed by atoms with E-state index in [1.807, 2.05) is 6.07 Å². The van der Waals surface area contributed by atoms with Crippen LogP contribution in [0.3, 0.4) is 0 Å². The molecule has 0 aliphatic heterocycles. The number of nitrogens with zero attached hydrogens (tertiary/aromatic N) is 1. The van der Waals surface area contributed by atoms with Gasteiger partial charge in [0.2, 0.25) is 0 Å². The first-order chi connectivity index (χ1) is 9.36. The zero-order valence-corrected chi connectivity index (χ0v) is 13.5. The Hall–Kier alpha value is -1.15. The van der Waals surface area contributed by atoms with Crippen molar-refractivity contribution in [3.05, 3.63) is 34.9 Å². The third kappa shape index (κ3) is 2.67. The third-order valence-electron chi connectivity index (χ3n) is 4.88. The van der Waals surface area contributed by atoms with Crippen molar-refractivity contribution in [2.24, 2.45) is 5.92 Å². The maximum atomic E-state index is 13.2. The lowest BCUT2D eigenvalue weighted by molar-refractivity contribution is 0.0485. The molecule has 2 rings (SSSR count). The Bertz CT molecular complexity index is 506. The van der Waals surface area contributed by atoms with Crippen molar-refractivity contribution in [3.63, 3.8) is 0 Å². The number of rotatable bonds is 3. The van der Waals surface area contributed by atoms with Gasteiger partial charge in [0, 0.05) is 5.56 Å². The summed E-state index contributed by atoms with van der Waals surface area (Å²) >= 11 is 0. The first-order valence-electron chi connectivity index (χ1n) is 7.66. The highest BCUT2D eigenvalue weighted by Gasteiger charge is 2.44. The van der Waals surface area contributed by atoms with E-state index < -0.39 is 0 Å². The molecular formula is C18H27NO. The molecule has 0 radical (unpaired) electrons. The predicted molar refractivity (Wildman–Crippen MR) is 84.3 cm³/mol. The average Bonchev–Trinajstić information content (AvgIpc) is 2.37. The zero-order chi connectivity index (χ0) is 14.9. The number of hydrogen-bond acceptors (Lipinski definition) is 2. The van der Waals surface area contributed by atoms with Crippen LogP contribution in [0.25, 0.3) is 0 Å². The Kier molecular flexibility index (Phi) is 4.33. The zero-order valence-electron chi connectivity index (χ0n) is 13.5. The van der Waals surface area contributed by atoms with Crippen LogP contribution in [0.4, 0.5) is 0 Å². The van der Waals surface area contributed by atoms with Crippen LogP contribution >= 0.6 is 0 Å². The van der Waals surface area contributed by atoms with Crippen LogP contribution in [0.5, 0.6) is 0 Å². The highest BCUT2D eigenvalue weighted by atomic mass is 16.1. The Balaban J connectivity index is 2.41. The highest BCUT2D eigenvalue weighted by Crippen LogP contribution is 2.38. The Morgan fingerprint density at radius 2 is 2.00 bits per heavy atom. The summed E-state index contributed by atoms with van der Waals surface area (Å²) < 4.78 is 0. The van der Waals surface area contributed by atoms with E-state index in [2.05, 4.69) is 51.9 Å². The minimum absolute atomic E-state index is 0.308. The number of Topliss-reactive ketones (excluding diaryl/α,β-unsaturated/α-hetero) is 1. The summed E-state index contributed by atoms with van der Waals surface area (Å²) in [6, 6.07) is 6.18. The number of carbonyl (C=O) groups is 1. The summed E-state index contributed by atoms with van der Waals surface area (Å²) in [7, 11) is 4.11. The van der Waals surface area contributed by atoms with Crippen molar-refractivity contribution in [2.45, 2.75) is 52.0 Å². The summed E-state index contributed by atoms with van der Waals surface area (Å²) in [6.07, 6.45) is 4.36. The van der Waals surface area contributed by atoms with Crippen molar-refractivity contribution >= 4 is 5.78 Å². The molecule has 1 saturated carbocycles. The number of carbonyl (C=O) groups excluding carboxylic acids is 1. The summed E-state index contributed by atoms with van der Waals surface area (Å²) in [6.45, 7) is 6.40. The molecule has 110 valence electrons. The van der Waals surface area contributed by atoms with Crippen LogP contribution in [0, 0.1) is 19.8 Å². The molecule has 0 N–H and O–H groups in total. The van der Waals surface area contributed by atoms with Gasteiger partial charge in [-0.25, -0.2) is 0 Å². The molecule has 1 fully saturated rings. The van der Waals surface area contributed by atoms with Gasteiger partial charge in [0.15, 0.2) is 5.78 Å². The van der Waals surface area contributed by atoms with E-state index in [1.165, 1.54) is 12.0 Å². The molecule has 0 spiro atoms. The summed E-state index contributed by atoms with van der Waals surface area (Å²) in [5.74, 6) is 0.937. The molecule has 2 atom stereocenters. The minimum Gasteiger partial charge on any atom is -0.297 e. The monoisotopic (exact) mass is 273 g/mol. The van der Waals surface area contributed by atoms with E-state index in [0.29, 0.717) is 11.7 Å². The van der Waals surface area contributed by atoms with Gasteiger partial charge in [0.25, 0.3) is 0 Å². The highest BCUT2D eigenvalue weighted by molar-refractivity contribution is 6.04. The quantitative estimate of drug-likeness (QED) is 0.776. The lowest BCUT2D eigenvalue weighted by atomic mass is 9.71. The second-order valence-electron chi connectivity index (χ2n) is 6.78. The molecule has 0 heterocycles. The van der Waals surface area contributed by atoms with Crippen LogP contribution in [-0.4, -0.2) is 30.3 Å². The molecule has 0 amide bonds. The first kappa shape index (κ1) is 15.2. The van der Waals surface area contributed by atoms with Gasteiger partial charge in [-0.2, -0.15) is 0 Å². The second-order valence-corrected chi connectivity index (χ2v) is 6.78. The van der Waals surface area contributed by atoms with Gasteiger partial charge in [-0.3, -0.25) is 9.69 Å². The van der Waals surface area contributed by atoms with Gasteiger partial charge in [0.05, 0.1) is 5.54 Å². The SMILES string of the molecule is Cc1ccc(C(=O)C2(N(C)C)CCCC(C)C2)c(C)c1. The summed E-state index contributed by atoms with van der Waals surface area (Å²) in [4.78, 5) is 15.4. The molecule has 1 aromatic carbocycles. The number of ketones is 1. The van der Waals surface area contributed by atoms with Crippen molar-refractivity contribution in [1.82, 2.24) is 4.90 Å². The van der Waals surface area contributed by atoms with Crippen molar-refractivity contribution in [1.29, 1.82) is 0 Å². The topological polar surface area (TPSA) is 20.3 Å². The number of benzene rings is 1. The van der Waals surface area contributed by atoms with Gasteiger partial charge in [-0.1, -0.05) is 43.5 Å². The van der Waals surface area contributed by atoms with E-state index in [4.69, 9.17) is 0 Å². The molecule has 2 nitrogen and oxygen atoms in total. The lowest BCUT2D eigenvalue weighted by Crippen LogP contribution is -2.54. The third-order valence-corrected chi connectivity index (χ3v) is 4.88. The largest absolute Gasteiger partial charge is 0.297 e. The number of aryl methyl sites for hydroxylation is 2. The van der Waals surface area contributed by atoms with Crippen molar-refractivity contribution in [2.75, 3.05) is 14.1 Å². The van der Waals surface area contributed by atoms with Crippen LogP contribution in [0.1, 0.15) is 54.1 Å². The Morgan fingerprint density at radius 3 is 2.55 bits per heavy atom. The summed E-state index contributed by atoms with van der Waals surface area (Å²) in [5, 5.41) is 0. The van der Waals surface area contributed by atoms with Crippen LogP contribution in [0.15, 0.2) is 18.2 Å². The van der Waals surface area contributed by atoms with E-state index in [-0.39, 0.29) is 5.54 Å². The Morgan fingerprint density at radius 1 is 1.30 bits per heavy atom. The first-order valence-corrected chi connectivity index (χ1v) is 7.66. The summed E-state index contributed by atoms with van der Waals surface area (Å²) in [5.41, 5.74) is 2.92. The standard InChI is InChI=1S/C18H27NO/c1-13-8-9-16(15(3)11-13)17(20)18(19(4)5)10-6-7-14(2)12-18/h8-9,11,14H,6-7,10,12H2,1-5H3. The second kappa shape index (κ2) is 5.69. The minimum atomic E-state index is -0.308. The van der Waals surface area contributed by atoms with Crippen molar-refractivity contribution < 1.29 is 4.79 Å². The van der Waals surface area contributed by atoms with Crippen molar-refractivity contribution in [3.8, 4) is 0 Å². The lowest BCUT2D eigenvalue weighted by Gasteiger charge is -2.44. The molecule has 20 heavy (non-hydrogen) atoms. The molecular weight excluding hydrogens is 246 g/mol. The van der Waals surface area contributed by atoms with E-state index in [1.54, 1.807) is 0 Å². The average molecular weight is 273 g/mol. The molecule has 0 aromatic heterocycles. The van der Waals surface area contributed by atoms with Gasteiger partial charge < -0.3 is 0 Å². The van der Waals surface area contributed by atoms with Crippen LogP contribution < -0.4 is 0 Å². The van der Waals surface area contributed by atoms with E-state index in [9.17, 15) is 4.79 Å². The maximum absolute atomic E-state index is 13.2. The van der Waals surface area contributed by atoms with E-state index >= 15 is 0 Å². The van der Waals surface area contributed by atoms with Gasteiger partial charge in [0.1, 0.15) is 0 Å². The molecule has 2 unspecified atom stereocenters. The fraction of sp³-hybridized carbons (Fsp3) is 0.611. The van der Waals surface area contributed by atoms with Crippen LogP contribution in [0.2, 0.25) is 0 Å². The molecule has 1 aliphatic carbocycles. The fourth-order valence-corrected chi connectivity index (χ4v) is 3.66. The molecule has 0 saturated heterocycles. The maximum Gasteiger partial charge on any atom is 0.183 e. The molecule has 0 bridgehead atoms. The predicted octanol–water partition coefficient (Wildman–Crippen LogP) is 4.00. The van der Waals surface area contributed by atoms with Gasteiger partial charge in [-0.05, 0) is 52.3 Å². The van der Waals surface area contributed by atoms with Gasteiger partial charge in [-0.15, -0.1) is 0 Å². The molecule has 2 heteroatoms. The fourth-order valence-electron chi connectivity index (χ4n) is 3.66. The number of likely N-dealkylation sites (N-methyl/N-ethyl adjacent to an activating group) is 1.